The van der Waals surface area contributed by atoms with E-state index in [0.717, 1.165) is 19.3 Å². The van der Waals surface area contributed by atoms with Gasteiger partial charge in [0, 0.05) is 6.04 Å². The van der Waals surface area contributed by atoms with E-state index < -0.39 is 11.9 Å². The van der Waals surface area contributed by atoms with Crippen LogP contribution in [-0.4, -0.2) is 24.6 Å². The van der Waals surface area contributed by atoms with Gasteiger partial charge in [-0.3, -0.25) is 10.1 Å². The van der Waals surface area contributed by atoms with Gasteiger partial charge in [0.05, 0.1) is 5.02 Å². The molecule has 2 unspecified atom stereocenters. The van der Waals surface area contributed by atoms with Crippen LogP contribution in [0.25, 0.3) is 0 Å². The minimum atomic E-state index is -0.540. The van der Waals surface area contributed by atoms with Crippen molar-refractivity contribution in [3.63, 3.8) is 0 Å². The molecular formula is C16H20Cl2N2O3. The topological polar surface area (TPSA) is 67.4 Å². The molecule has 5 nitrogen and oxygen atoms in total. The lowest BCUT2D eigenvalue weighted by Crippen LogP contribution is -2.48. The zero-order valence-electron chi connectivity index (χ0n) is 12.9. The maximum absolute atomic E-state index is 11.9. The van der Waals surface area contributed by atoms with Crippen LogP contribution < -0.4 is 15.4 Å². The minimum Gasteiger partial charge on any atom is -0.482 e. The summed E-state index contributed by atoms with van der Waals surface area (Å²) < 4.78 is 5.28. The number of urea groups is 1. The molecule has 3 amide bonds. The van der Waals surface area contributed by atoms with Crippen LogP contribution in [0.1, 0.15) is 32.6 Å². The van der Waals surface area contributed by atoms with Crippen LogP contribution >= 0.6 is 23.2 Å². The van der Waals surface area contributed by atoms with Crippen molar-refractivity contribution in [1.82, 2.24) is 10.6 Å². The molecule has 0 bridgehead atoms. The average Bonchev–Trinajstić information content (AvgIpc) is 2.51. The monoisotopic (exact) mass is 358 g/mol. The molecule has 0 saturated heterocycles. The molecule has 23 heavy (non-hydrogen) atoms. The third-order valence-electron chi connectivity index (χ3n) is 3.96. The highest BCUT2D eigenvalue weighted by Crippen LogP contribution is 2.31. The zero-order valence-corrected chi connectivity index (χ0v) is 14.4. The molecule has 1 aliphatic carbocycles. The largest absolute Gasteiger partial charge is 0.482 e. The summed E-state index contributed by atoms with van der Waals surface area (Å²) in [6.07, 6.45) is 4.32. The Morgan fingerprint density at radius 1 is 1.26 bits per heavy atom. The van der Waals surface area contributed by atoms with Crippen molar-refractivity contribution in [3.8, 4) is 5.75 Å². The highest BCUT2D eigenvalue weighted by atomic mass is 35.5. The molecule has 1 aliphatic rings. The molecule has 2 N–H and O–H groups in total. The number of benzene rings is 1. The first-order valence-corrected chi connectivity index (χ1v) is 8.40. The van der Waals surface area contributed by atoms with Gasteiger partial charge in [-0.25, -0.2) is 4.79 Å². The van der Waals surface area contributed by atoms with Gasteiger partial charge in [0.1, 0.15) is 10.8 Å². The number of hydrogen-bond acceptors (Lipinski definition) is 3. The average molecular weight is 359 g/mol. The van der Waals surface area contributed by atoms with E-state index >= 15 is 0 Å². The fraction of sp³-hybridized carbons (Fsp3) is 0.500. The van der Waals surface area contributed by atoms with Crippen molar-refractivity contribution in [2.45, 2.75) is 38.6 Å². The molecule has 126 valence electrons. The van der Waals surface area contributed by atoms with Gasteiger partial charge in [0.15, 0.2) is 6.61 Å². The number of ether oxygens (including phenoxy) is 1. The lowest BCUT2D eigenvalue weighted by molar-refractivity contribution is -0.122. The predicted molar refractivity (Wildman–Crippen MR) is 90.1 cm³/mol. The fourth-order valence-corrected chi connectivity index (χ4v) is 2.98. The van der Waals surface area contributed by atoms with Crippen molar-refractivity contribution >= 4 is 35.1 Å². The van der Waals surface area contributed by atoms with E-state index in [2.05, 4.69) is 17.6 Å². The standard InChI is InChI=1S/C16H20Cl2N2O3/c1-10-5-2-3-7-12(10)19-16(22)20-14(21)9-23-13-8-4-6-11(17)15(13)18/h4,6,8,10,12H,2-3,5,7,9H2,1H3,(H2,19,20,21,22). The van der Waals surface area contributed by atoms with Crippen molar-refractivity contribution in [2.75, 3.05) is 6.61 Å². The van der Waals surface area contributed by atoms with Gasteiger partial charge in [-0.05, 0) is 30.9 Å². The number of hydrogen-bond donors (Lipinski definition) is 2. The number of rotatable bonds is 4. The molecule has 1 aromatic rings. The second-order valence-corrected chi connectivity index (χ2v) is 6.52. The van der Waals surface area contributed by atoms with Gasteiger partial charge in [-0.2, -0.15) is 0 Å². The Morgan fingerprint density at radius 3 is 2.74 bits per heavy atom. The summed E-state index contributed by atoms with van der Waals surface area (Å²) in [7, 11) is 0. The number of carbonyl (C=O) groups is 2. The van der Waals surface area contributed by atoms with Gasteiger partial charge in [-0.15, -0.1) is 0 Å². The fourth-order valence-electron chi connectivity index (χ4n) is 2.64. The van der Waals surface area contributed by atoms with Crippen LogP contribution in [0.15, 0.2) is 18.2 Å². The third-order valence-corrected chi connectivity index (χ3v) is 4.76. The van der Waals surface area contributed by atoms with Crippen molar-refractivity contribution < 1.29 is 14.3 Å². The summed E-state index contributed by atoms with van der Waals surface area (Å²) >= 11 is 11.8. The highest BCUT2D eigenvalue weighted by Gasteiger charge is 2.23. The summed E-state index contributed by atoms with van der Waals surface area (Å²) in [6.45, 7) is 1.80. The van der Waals surface area contributed by atoms with Crippen LogP contribution in [-0.2, 0) is 4.79 Å². The summed E-state index contributed by atoms with van der Waals surface area (Å²) in [6, 6.07) is 4.51. The quantitative estimate of drug-likeness (QED) is 0.860. The Balaban J connectivity index is 1.78. The molecule has 0 radical (unpaired) electrons. The molecule has 2 atom stereocenters. The molecule has 0 aliphatic heterocycles. The van der Waals surface area contributed by atoms with Crippen LogP contribution in [0.2, 0.25) is 10.0 Å². The molecule has 1 aromatic carbocycles. The number of halogens is 2. The van der Waals surface area contributed by atoms with E-state index in [1.165, 1.54) is 6.42 Å². The second kappa shape index (κ2) is 8.41. The van der Waals surface area contributed by atoms with E-state index in [1.54, 1.807) is 18.2 Å². The Labute approximate surface area is 145 Å². The normalized spacial score (nSPS) is 20.7. The molecule has 0 aromatic heterocycles. The molecular weight excluding hydrogens is 339 g/mol. The van der Waals surface area contributed by atoms with Crippen LogP contribution in [0.3, 0.4) is 0 Å². The van der Waals surface area contributed by atoms with E-state index in [0.29, 0.717) is 16.7 Å². The Hall–Kier alpha value is -1.46. The molecule has 0 spiro atoms. The van der Waals surface area contributed by atoms with Gasteiger partial charge in [0.2, 0.25) is 0 Å². The maximum Gasteiger partial charge on any atom is 0.321 e. The SMILES string of the molecule is CC1CCCCC1NC(=O)NC(=O)COc1cccc(Cl)c1Cl. The maximum atomic E-state index is 11.9. The number of nitrogens with one attached hydrogen (secondary N) is 2. The van der Waals surface area contributed by atoms with Crippen molar-refractivity contribution in [1.29, 1.82) is 0 Å². The third kappa shape index (κ3) is 5.29. The van der Waals surface area contributed by atoms with Gasteiger partial charge >= 0.3 is 6.03 Å². The van der Waals surface area contributed by atoms with E-state index in [-0.39, 0.29) is 17.7 Å². The van der Waals surface area contributed by atoms with Crippen molar-refractivity contribution in [2.24, 2.45) is 5.92 Å². The molecule has 1 saturated carbocycles. The van der Waals surface area contributed by atoms with E-state index in [1.807, 2.05) is 0 Å². The van der Waals surface area contributed by atoms with Crippen LogP contribution in [0, 0.1) is 5.92 Å². The van der Waals surface area contributed by atoms with Gasteiger partial charge in [0.25, 0.3) is 5.91 Å². The second-order valence-electron chi connectivity index (χ2n) is 5.73. The summed E-state index contributed by atoms with van der Waals surface area (Å²) in [5.74, 6) is 0.184. The first-order valence-electron chi connectivity index (χ1n) is 7.64. The number of amides is 3. The van der Waals surface area contributed by atoms with Gasteiger partial charge in [-0.1, -0.05) is 49.0 Å². The summed E-state index contributed by atoms with van der Waals surface area (Å²) in [5.41, 5.74) is 0. The zero-order chi connectivity index (χ0) is 16.8. The van der Waals surface area contributed by atoms with Crippen molar-refractivity contribution in [3.05, 3.63) is 28.2 Å². The Morgan fingerprint density at radius 2 is 2.00 bits per heavy atom. The Bertz CT molecular complexity index is 580. The van der Waals surface area contributed by atoms with Crippen LogP contribution in [0.4, 0.5) is 4.79 Å². The van der Waals surface area contributed by atoms with Gasteiger partial charge < -0.3 is 10.1 Å². The molecule has 1 fully saturated rings. The lowest BCUT2D eigenvalue weighted by atomic mass is 9.86. The molecule has 2 rings (SSSR count). The Kier molecular flexibility index (Phi) is 6.54. The molecule has 0 heterocycles. The van der Waals surface area contributed by atoms with E-state index in [4.69, 9.17) is 27.9 Å². The first-order chi connectivity index (χ1) is 11.0. The lowest BCUT2D eigenvalue weighted by Gasteiger charge is -2.29. The smallest absolute Gasteiger partial charge is 0.321 e. The number of carbonyl (C=O) groups excluding carboxylic acids is 2. The summed E-state index contributed by atoms with van der Waals surface area (Å²) in [4.78, 5) is 23.6. The first kappa shape index (κ1) is 17.9. The minimum absolute atomic E-state index is 0.111. The number of imide groups is 1. The van der Waals surface area contributed by atoms with E-state index in [9.17, 15) is 9.59 Å². The van der Waals surface area contributed by atoms with Crippen LogP contribution in [0.5, 0.6) is 5.75 Å². The molecule has 7 heteroatoms. The predicted octanol–water partition coefficient (Wildman–Crippen LogP) is 3.78. The summed E-state index contributed by atoms with van der Waals surface area (Å²) in [5, 5.41) is 5.69. The highest BCUT2D eigenvalue weighted by molar-refractivity contribution is 6.42.